The number of nitrogens with zero attached hydrogens (tertiary/aromatic N) is 1. The molecule has 0 aromatic rings. The largest absolute Gasteiger partial charge is 0.463 e. The van der Waals surface area contributed by atoms with Crippen LogP contribution in [0.15, 0.2) is 0 Å². The highest BCUT2D eigenvalue weighted by Crippen LogP contribution is 2.10. The molecule has 70 valence electrons. The van der Waals surface area contributed by atoms with E-state index in [0.29, 0.717) is 6.41 Å². The summed E-state index contributed by atoms with van der Waals surface area (Å²) in [6.45, 7) is 5.21. The summed E-state index contributed by atoms with van der Waals surface area (Å²) in [7, 11) is 1.65. The third-order valence-corrected chi connectivity index (χ3v) is 1.74. The molecule has 0 fully saturated rings. The van der Waals surface area contributed by atoms with E-state index in [4.69, 9.17) is 4.74 Å². The van der Waals surface area contributed by atoms with Gasteiger partial charge in [0.2, 0.25) is 6.41 Å². The van der Waals surface area contributed by atoms with Gasteiger partial charge in [0.25, 0.3) is 0 Å². The van der Waals surface area contributed by atoms with Crippen LogP contribution in [0.4, 0.5) is 0 Å². The minimum atomic E-state index is -0.437. The Bertz CT molecular complexity index is 177. The highest BCUT2D eigenvalue weighted by molar-refractivity contribution is 5.66. The van der Waals surface area contributed by atoms with Crippen LogP contribution in [0.2, 0.25) is 0 Å². The van der Waals surface area contributed by atoms with Crippen molar-refractivity contribution in [3.63, 3.8) is 0 Å². The SMILES string of the molecule is CC(=O)OCC(C)(C)N(C)C=O. The molecule has 1 amide bonds. The smallest absolute Gasteiger partial charge is 0.302 e. The molecule has 0 heterocycles. The molecule has 0 aliphatic carbocycles. The molecule has 12 heavy (non-hydrogen) atoms. The first-order valence-corrected chi connectivity index (χ1v) is 3.72. The average Bonchev–Trinajstić information content (AvgIpc) is 1.99. The maximum Gasteiger partial charge on any atom is 0.302 e. The fraction of sp³-hybridized carbons (Fsp3) is 0.750. The molecule has 0 saturated heterocycles. The van der Waals surface area contributed by atoms with Gasteiger partial charge in [0, 0.05) is 14.0 Å². The van der Waals surface area contributed by atoms with Crippen LogP contribution in [-0.2, 0) is 14.3 Å². The maximum atomic E-state index is 10.5. The van der Waals surface area contributed by atoms with Crippen LogP contribution >= 0.6 is 0 Å². The molecular weight excluding hydrogens is 158 g/mol. The van der Waals surface area contributed by atoms with Crippen molar-refractivity contribution < 1.29 is 14.3 Å². The van der Waals surface area contributed by atoms with E-state index >= 15 is 0 Å². The zero-order chi connectivity index (χ0) is 9.78. The number of ether oxygens (including phenoxy) is 1. The monoisotopic (exact) mass is 173 g/mol. The predicted octanol–water partition coefficient (Wildman–Crippen LogP) is 0.416. The average molecular weight is 173 g/mol. The van der Waals surface area contributed by atoms with Crippen LogP contribution in [0.5, 0.6) is 0 Å². The van der Waals surface area contributed by atoms with Gasteiger partial charge in [0.1, 0.15) is 6.61 Å². The lowest BCUT2D eigenvalue weighted by molar-refractivity contribution is -0.146. The van der Waals surface area contributed by atoms with Crippen LogP contribution in [0.3, 0.4) is 0 Å². The zero-order valence-corrected chi connectivity index (χ0v) is 7.96. The predicted molar refractivity (Wildman–Crippen MR) is 44.5 cm³/mol. The van der Waals surface area contributed by atoms with E-state index < -0.39 is 5.54 Å². The van der Waals surface area contributed by atoms with E-state index in [1.54, 1.807) is 7.05 Å². The number of rotatable bonds is 4. The quantitative estimate of drug-likeness (QED) is 0.457. The molecule has 0 aliphatic rings. The van der Waals surface area contributed by atoms with Crippen molar-refractivity contribution in [3.8, 4) is 0 Å². The third kappa shape index (κ3) is 3.37. The molecular formula is C8H15NO3. The normalized spacial score (nSPS) is 10.7. The zero-order valence-electron chi connectivity index (χ0n) is 7.96. The van der Waals surface area contributed by atoms with Crippen LogP contribution in [0, 0.1) is 0 Å². The fourth-order valence-corrected chi connectivity index (χ4v) is 0.523. The first kappa shape index (κ1) is 10.9. The summed E-state index contributed by atoms with van der Waals surface area (Å²) in [4.78, 5) is 22.3. The molecule has 0 aromatic heterocycles. The highest BCUT2D eigenvalue weighted by Gasteiger charge is 2.23. The molecule has 0 aliphatic heterocycles. The molecule has 4 heteroatoms. The Morgan fingerprint density at radius 1 is 1.58 bits per heavy atom. The van der Waals surface area contributed by atoms with Gasteiger partial charge in [-0.25, -0.2) is 0 Å². The van der Waals surface area contributed by atoms with Crippen molar-refractivity contribution in [1.29, 1.82) is 0 Å². The Labute approximate surface area is 72.5 Å². The van der Waals surface area contributed by atoms with Gasteiger partial charge in [-0.2, -0.15) is 0 Å². The number of amides is 1. The van der Waals surface area contributed by atoms with Crippen molar-refractivity contribution in [2.75, 3.05) is 13.7 Å². The number of likely N-dealkylation sites (N-methyl/N-ethyl adjacent to an activating group) is 1. The van der Waals surface area contributed by atoms with Crippen molar-refractivity contribution in [2.24, 2.45) is 0 Å². The Balaban J connectivity index is 4.02. The van der Waals surface area contributed by atoms with Gasteiger partial charge >= 0.3 is 5.97 Å². The van der Waals surface area contributed by atoms with Gasteiger partial charge < -0.3 is 9.64 Å². The van der Waals surface area contributed by atoms with Crippen LogP contribution in [0.25, 0.3) is 0 Å². The molecule has 0 unspecified atom stereocenters. The molecule has 0 saturated carbocycles. The Hall–Kier alpha value is -1.06. The first-order chi connectivity index (χ1) is 5.40. The molecule has 0 atom stereocenters. The van der Waals surface area contributed by atoms with E-state index in [9.17, 15) is 9.59 Å². The van der Waals surface area contributed by atoms with Crippen molar-refractivity contribution in [3.05, 3.63) is 0 Å². The molecule has 0 spiro atoms. The van der Waals surface area contributed by atoms with Crippen molar-refractivity contribution in [1.82, 2.24) is 4.90 Å². The second-order valence-electron chi connectivity index (χ2n) is 3.31. The van der Waals surface area contributed by atoms with Gasteiger partial charge in [0.05, 0.1) is 5.54 Å². The Kier molecular flexibility index (Phi) is 3.73. The van der Waals surface area contributed by atoms with Crippen LogP contribution in [0.1, 0.15) is 20.8 Å². The van der Waals surface area contributed by atoms with E-state index in [1.165, 1.54) is 11.8 Å². The van der Waals surface area contributed by atoms with Gasteiger partial charge in [-0.1, -0.05) is 0 Å². The highest BCUT2D eigenvalue weighted by atomic mass is 16.5. The molecule has 0 radical (unpaired) electrons. The summed E-state index contributed by atoms with van der Waals surface area (Å²) < 4.78 is 4.79. The van der Waals surface area contributed by atoms with Gasteiger partial charge in [-0.3, -0.25) is 9.59 Å². The first-order valence-electron chi connectivity index (χ1n) is 3.72. The maximum absolute atomic E-state index is 10.5. The lowest BCUT2D eigenvalue weighted by atomic mass is 10.1. The summed E-state index contributed by atoms with van der Waals surface area (Å²) in [6, 6.07) is 0. The van der Waals surface area contributed by atoms with Gasteiger partial charge in [-0.15, -0.1) is 0 Å². The standard InChI is InChI=1S/C8H15NO3/c1-7(11)12-5-8(2,3)9(4)6-10/h6H,5H2,1-4H3. The summed E-state index contributed by atoms with van der Waals surface area (Å²) in [5, 5.41) is 0. The summed E-state index contributed by atoms with van der Waals surface area (Å²) >= 11 is 0. The topological polar surface area (TPSA) is 46.6 Å². The van der Waals surface area contributed by atoms with E-state index in [1.807, 2.05) is 13.8 Å². The second-order valence-corrected chi connectivity index (χ2v) is 3.31. The molecule has 0 rings (SSSR count). The van der Waals surface area contributed by atoms with E-state index in [0.717, 1.165) is 0 Å². The van der Waals surface area contributed by atoms with Crippen LogP contribution < -0.4 is 0 Å². The summed E-state index contributed by atoms with van der Waals surface area (Å²) in [5.74, 6) is -0.331. The Morgan fingerprint density at radius 2 is 2.08 bits per heavy atom. The fourth-order valence-electron chi connectivity index (χ4n) is 0.523. The van der Waals surface area contributed by atoms with Crippen molar-refractivity contribution in [2.45, 2.75) is 26.3 Å². The number of carbonyl (C=O) groups is 2. The molecule has 0 N–H and O–H groups in total. The summed E-state index contributed by atoms with van der Waals surface area (Å²) in [5.41, 5.74) is -0.437. The number of esters is 1. The Morgan fingerprint density at radius 3 is 2.42 bits per heavy atom. The van der Waals surface area contributed by atoms with Crippen LogP contribution in [-0.4, -0.2) is 36.5 Å². The lowest BCUT2D eigenvalue weighted by Gasteiger charge is -2.31. The lowest BCUT2D eigenvalue weighted by Crippen LogP contribution is -2.44. The van der Waals surface area contributed by atoms with Gasteiger partial charge in [-0.05, 0) is 13.8 Å². The molecule has 0 bridgehead atoms. The number of hydrogen-bond acceptors (Lipinski definition) is 3. The second kappa shape index (κ2) is 4.09. The third-order valence-electron chi connectivity index (χ3n) is 1.74. The van der Waals surface area contributed by atoms with Gasteiger partial charge in [0.15, 0.2) is 0 Å². The minimum absolute atomic E-state index is 0.220. The number of hydrogen-bond donors (Lipinski definition) is 0. The minimum Gasteiger partial charge on any atom is -0.463 e. The summed E-state index contributed by atoms with van der Waals surface area (Å²) in [6.07, 6.45) is 0.712. The molecule has 4 nitrogen and oxygen atoms in total. The molecule has 0 aromatic carbocycles. The van der Waals surface area contributed by atoms with E-state index in [2.05, 4.69) is 0 Å². The number of carbonyl (C=O) groups excluding carboxylic acids is 2. The van der Waals surface area contributed by atoms with Crippen molar-refractivity contribution >= 4 is 12.4 Å². The van der Waals surface area contributed by atoms with E-state index in [-0.39, 0.29) is 12.6 Å².